The highest BCUT2D eigenvalue weighted by Crippen LogP contribution is 2.30. The second-order valence-corrected chi connectivity index (χ2v) is 6.38. The van der Waals surface area contributed by atoms with E-state index in [4.69, 9.17) is 23.2 Å². The lowest BCUT2D eigenvalue weighted by molar-refractivity contribution is 0.351. The number of anilines is 1. The fourth-order valence-electron chi connectivity index (χ4n) is 2.78. The third kappa shape index (κ3) is 3.76. The molecule has 1 unspecified atom stereocenters. The Morgan fingerprint density at radius 2 is 2.16 bits per heavy atom. The van der Waals surface area contributed by atoms with Crippen LogP contribution in [0.1, 0.15) is 38.7 Å². The third-order valence-electron chi connectivity index (χ3n) is 4.05. The van der Waals surface area contributed by atoms with Gasteiger partial charge in [0.25, 0.3) is 0 Å². The van der Waals surface area contributed by atoms with Crippen LogP contribution in [0.3, 0.4) is 0 Å². The molecule has 106 valence electrons. The Kier molecular flexibility index (Phi) is 5.35. The highest BCUT2D eigenvalue weighted by Gasteiger charge is 2.21. The molecule has 0 aliphatic carbocycles. The summed E-state index contributed by atoms with van der Waals surface area (Å²) < 4.78 is 0. The van der Waals surface area contributed by atoms with Crippen molar-refractivity contribution in [2.45, 2.75) is 39.0 Å². The Morgan fingerprint density at radius 3 is 2.79 bits per heavy atom. The maximum atomic E-state index is 6.33. The second-order valence-electron chi connectivity index (χ2n) is 5.70. The van der Waals surface area contributed by atoms with Crippen molar-refractivity contribution >= 4 is 29.0 Å². The van der Waals surface area contributed by atoms with Crippen LogP contribution < -0.4 is 4.90 Å². The van der Waals surface area contributed by atoms with Gasteiger partial charge in [-0.25, -0.2) is 4.98 Å². The zero-order chi connectivity index (χ0) is 13.8. The lowest BCUT2D eigenvalue weighted by Crippen LogP contribution is -2.25. The van der Waals surface area contributed by atoms with Crippen molar-refractivity contribution in [1.82, 2.24) is 4.98 Å². The highest BCUT2D eigenvalue weighted by atomic mass is 35.5. The quantitative estimate of drug-likeness (QED) is 0.750. The first-order valence-electron chi connectivity index (χ1n) is 7.07. The molecule has 19 heavy (non-hydrogen) atoms. The molecule has 0 saturated carbocycles. The van der Waals surface area contributed by atoms with Crippen molar-refractivity contribution in [2.24, 2.45) is 11.8 Å². The van der Waals surface area contributed by atoms with E-state index in [1.54, 1.807) is 0 Å². The Morgan fingerprint density at radius 1 is 1.37 bits per heavy atom. The zero-order valence-corrected chi connectivity index (χ0v) is 13.2. The van der Waals surface area contributed by atoms with Crippen LogP contribution in [0.5, 0.6) is 0 Å². The molecule has 1 fully saturated rings. The number of nitrogens with zero attached hydrogens (tertiary/aromatic N) is 2. The van der Waals surface area contributed by atoms with Crippen LogP contribution in [0.25, 0.3) is 0 Å². The summed E-state index contributed by atoms with van der Waals surface area (Å²) in [6, 6.07) is 1.93. The van der Waals surface area contributed by atoms with Gasteiger partial charge in [-0.2, -0.15) is 0 Å². The van der Waals surface area contributed by atoms with Gasteiger partial charge >= 0.3 is 0 Å². The van der Waals surface area contributed by atoms with E-state index in [2.05, 4.69) is 23.7 Å². The maximum absolute atomic E-state index is 6.33. The molecule has 0 aromatic carbocycles. The first kappa shape index (κ1) is 14.9. The predicted molar refractivity (Wildman–Crippen MR) is 83.2 cm³/mol. The van der Waals surface area contributed by atoms with Gasteiger partial charge in [0.15, 0.2) is 0 Å². The average Bonchev–Trinajstić information content (AvgIpc) is 2.64. The van der Waals surface area contributed by atoms with Crippen molar-refractivity contribution in [3.8, 4) is 0 Å². The van der Waals surface area contributed by atoms with E-state index in [1.165, 1.54) is 19.3 Å². The molecule has 0 N–H and O–H groups in total. The first-order valence-corrected chi connectivity index (χ1v) is 7.98. The molecule has 0 spiro atoms. The summed E-state index contributed by atoms with van der Waals surface area (Å²) in [6.07, 6.45) is 5.59. The minimum Gasteiger partial charge on any atom is -0.355 e. The molecule has 1 atom stereocenters. The Hall–Kier alpha value is -0.470. The van der Waals surface area contributed by atoms with E-state index in [0.717, 1.165) is 41.3 Å². The number of hydrogen-bond donors (Lipinski definition) is 0. The van der Waals surface area contributed by atoms with Crippen LogP contribution >= 0.6 is 23.2 Å². The van der Waals surface area contributed by atoms with E-state index in [-0.39, 0.29) is 0 Å². The van der Waals surface area contributed by atoms with E-state index in [1.807, 2.05) is 12.3 Å². The van der Waals surface area contributed by atoms with Crippen LogP contribution in [0.2, 0.25) is 5.02 Å². The molecule has 1 aliphatic heterocycles. The lowest BCUT2D eigenvalue weighted by Gasteiger charge is -2.23. The molecular formula is C15H22Cl2N2. The largest absolute Gasteiger partial charge is 0.355 e. The first-order chi connectivity index (χ1) is 9.11. The van der Waals surface area contributed by atoms with Gasteiger partial charge < -0.3 is 4.90 Å². The minimum atomic E-state index is 0.461. The fourth-order valence-corrected chi connectivity index (χ4v) is 3.23. The highest BCUT2D eigenvalue weighted by molar-refractivity contribution is 6.33. The maximum Gasteiger partial charge on any atom is 0.147 e. The molecule has 0 amide bonds. The molecule has 1 aliphatic rings. The second kappa shape index (κ2) is 6.81. The van der Waals surface area contributed by atoms with Gasteiger partial charge in [-0.05, 0) is 42.7 Å². The molecule has 0 bridgehead atoms. The van der Waals surface area contributed by atoms with Crippen molar-refractivity contribution in [3.05, 3.63) is 22.8 Å². The Bertz CT molecular complexity index is 421. The van der Waals surface area contributed by atoms with Gasteiger partial charge in [0.2, 0.25) is 0 Å². The van der Waals surface area contributed by atoms with Crippen LogP contribution in [0.15, 0.2) is 12.3 Å². The van der Waals surface area contributed by atoms with Crippen molar-refractivity contribution < 1.29 is 0 Å². The molecule has 2 heterocycles. The molecule has 1 saturated heterocycles. The van der Waals surface area contributed by atoms with Crippen molar-refractivity contribution in [2.75, 3.05) is 18.0 Å². The number of hydrogen-bond acceptors (Lipinski definition) is 2. The van der Waals surface area contributed by atoms with Crippen LogP contribution in [-0.2, 0) is 5.88 Å². The van der Waals surface area contributed by atoms with Crippen molar-refractivity contribution in [1.29, 1.82) is 0 Å². The van der Waals surface area contributed by atoms with Gasteiger partial charge in [-0.1, -0.05) is 25.4 Å². The summed E-state index contributed by atoms with van der Waals surface area (Å²) in [5.41, 5.74) is 0.977. The molecule has 4 heteroatoms. The van der Waals surface area contributed by atoms with E-state index < -0.39 is 0 Å². The van der Waals surface area contributed by atoms with Gasteiger partial charge in [0.1, 0.15) is 5.82 Å². The number of alkyl halides is 1. The number of halogens is 2. The van der Waals surface area contributed by atoms with Gasteiger partial charge in [-0.3, -0.25) is 0 Å². The SMILES string of the molecule is CC(C)C1CCCN(c2ncc(CCl)cc2Cl)CC1. The minimum absolute atomic E-state index is 0.461. The van der Waals surface area contributed by atoms with Crippen LogP contribution in [0, 0.1) is 11.8 Å². The number of rotatable bonds is 3. The van der Waals surface area contributed by atoms with E-state index >= 15 is 0 Å². The summed E-state index contributed by atoms with van der Waals surface area (Å²) in [4.78, 5) is 6.82. The predicted octanol–water partition coefficient (Wildman–Crippen LogP) is 4.74. The molecular weight excluding hydrogens is 279 g/mol. The smallest absolute Gasteiger partial charge is 0.147 e. The number of pyridine rings is 1. The molecule has 2 rings (SSSR count). The zero-order valence-electron chi connectivity index (χ0n) is 11.7. The standard InChI is InChI=1S/C15H22Cl2N2/c1-11(2)13-4-3-6-19(7-5-13)15-14(17)8-12(9-16)10-18-15/h8,10-11,13H,3-7,9H2,1-2H3. The molecule has 1 aromatic rings. The van der Waals surface area contributed by atoms with Crippen LogP contribution in [-0.4, -0.2) is 18.1 Å². The van der Waals surface area contributed by atoms with Gasteiger partial charge in [0.05, 0.1) is 5.02 Å². The van der Waals surface area contributed by atoms with Gasteiger partial charge in [0, 0.05) is 25.2 Å². The number of aromatic nitrogens is 1. The summed E-state index contributed by atoms with van der Waals surface area (Å²) in [7, 11) is 0. The topological polar surface area (TPSA) is 16.1 Å². The molecule has 0 radical (unpaired) electrons. The average molecular weight is 301 g/mol. The van der Waals surface area contributed by atoms with Gasteiger partial charge in [-0.15, -0.1) is 11.6 Å². The monoisotopic (exact) mass is 300 g/mol. The third-order valence-corrected chi connectivity index (χ3v) is 4.63. The van der Waals surface area contributed by atoms with E-state index in [0.29, 0.717) is 5.88 Å². The summed E-state index contributed by atoms with van der Waals surface area (Å²) in [5.74, 6) is 2.97. The fraction of sp³-hybridized carbons (Fsp3) is 0.667. The Balaban J connectivity index is 2.10. The Labute approximate surface area is 126 Å². The normalized spacial score (nSPS) is 20.7. The van der Waals surface area contributed by atoms with Crippen molar-refractivity contribution in [3.63, 3.8) is 0 Å². The summed E-state index contributed by atoms with van der Waals surface area (Å²) >= 11 is 12.1. The summed E-state index contributed by atoms with van der Waals surface area (Å²) in [6.45, 7) is 6.74. The molecule has 1 aromatic heterocycles. The summed E-state index contributed by atoms with van der Waals surface area (Å²) in [5, 5.41) is 0.723. The lowest BCUT2D eigenvalue weighted by atomic mass is 9.89. The van der Waals surface area contributed by atoms with Crippen LogP contribution in [0.4, 0.5) is 5.82 Å². The molecule has 2 nitrogen and oxygen atoms in total. The van der Waals surface area contributed by atoms with E-state index in [9.17, 15) is 0 Å².